The van der Waals surface area contributed by atoms with Gasteiger partial charge in [-0.15, -0.1) is 0 Å². The van der Waals surface area contributed by atoms with Crippen LogP contribution in [0.15, 0.2) is 121 Å². The first kappa shape index (κ1) is 35.4. The van der Waals surface area contributed by atoms with Gasteiger partial charge in [0, 0.05) is 11.1 Å². The predicted octanol–water partition coefficient (Wildman–Crippen LogP) is 14.8. The van der Waals surface area contributed by atoms with Gasteiger partial charge in [0.1, 0.15) is 12.1 Å². The van der Waals surface area contributed by atoms with Gasteiger partial charge in [0.25, 0.3) is 0 Å². The largest absolute Gasteiger partial charge is 0.192 e. The molecule has 62 heavy (non-hydrogen) atoms. The number of fused-ring (bicyclic) bond motifs is 11. The van der Waals surface area contributed by atoms with E-state index in [0.717, 1.165) is 99.1 Å². The van der Waals surface area contributed by atoms with Gasteiger partial charge in [-0.3, -0.25) is 0 Å². The second-order valence-corrected chi connectivity index (χ2v) is 16.9. The van der Waals surface area contributed by atoms with Crippen LogP contribution in [0.25, 0.3) is 121 Å². The van der Waals surface area contributed by atoms with Crippen LogP contribution in [-0.2, 0) is 0 Å². The van der Waals surface area contributed by atoms with Crippen molar-refractivity contribution in [3.05, 3.63) is 166 Å². The third kappa shape index (κ3) is 4.46. The zero-order chi connectivity index (χ0) is 42.3. The van der Waals surface area contributed by atoms with Gasteiger partial charge in [-0.1, -0.05) is 72.8 Å². The number of hydrogen-bond acceptors (Lipinski definition) is 4. The fourth-order valence-electron chi connectivity index (χ4n) is 11.0. The van der Waals surface area contributed by atoms with E-state index in [9.17, 15) is 21.0 Å². The van der Waals surface area contributed by atoms with E-state index in [0.29, 0.717) is 22.3 Å². The maximum absolute atomic E-state index is 10.9. The zero-order valence-electron chi connectivity index (χ0n) is 34.3. The molecule has 0 N–H and O–H groups in total. The molecule has 0 atom stereocenters. The summed E-state index contributed by atoms with van der Waals surface area (Å²) in [5, 5.41) is 53.3. The molecular formula is C58H32N4. The molecule has 0 fully saturated rings. The molecule has 0 radical (unpaired) electrons. The summed E-state index contributed by atoms with van der Waals surface area (Å²) < 4.78 is 0. The molecule has 0 amide bonds. The Labute approximate surface area is 358 Å². The normalized spacial score (nSPS) is 11.8. The summed E-state index contributed by atoms with van der Waals surface area (Å²) >= 11 is 0. The Balaban J connectivity index is 1.34. The Morgan fingerprint density at radius 1 is 0.323 bits per heavy atom. The second-order valence-electron chi connectivity index (χ2n) is 16.9. The molecule has 0 aromatic heterocycles. The summed E-state index contributed by atoms with van der Waals surface area (Å²) in [5.41, 5.74) is 17.7. The van der Waals surface area contributed by atoms with E-state index >= 15 is 0 Å². The number of aryl methyl sites for hydroxylation is 2. The highest BCUT2D eigenvalue weighted by Gasteiger charge is 2.29. The van der Waals surface area contributed by atoms with Gasteiger partial charge < -0.3 is 0 Å². The van der Waals surface area contributed by atoms with Crippen molar-refractivity contribution in [2.45, 2.75) is 27.7 Å². The highest BCUT2D eigenvalue weighted by atomic mass is 14.3. The van der Waals surface area contributed by atoms with Crippen molar-refractivity contribution in [1.82, 2.24) is 0 Å². The Bertz CT molecular complexity index is 3730. The molecule has 12 rings (SSSR count). The average Bonchev–Trinajstić information content (AvgIpc) is 3.79. The highest BCUT2D eigenvalue weighted by Crippen LogP contribution is 2.55. The fraction of sp³-hybridized carbons (Fsp3) is 0.0690. The lowest BCUT2D eigenvalue weighted by molar-refractivity contribution is 1.31. The van der Waals surface area contributed by atoms with Gasteiger partial charge in [-0.25, -0.2) is 0 Å². The lowest BCUT2D eigenvalue weighted by Crippen LogP contribution is -2.00. The fourth-order valence-corrected chi connectivity index (χ4v) is 11.0. The van der Waals surface area contributed by atoms with Gasteiger partial charge >= 0.3 is 0 Å². The van der Waals surface area contributed by atoms with E-state index in [1.165, 1.54) is 43.8 Å². The number of hydrogen-bond donors (Lipinski definition) is 0. The molecule has 0 spiro atoms. The Morgan fingerprint density at radius 3 is 0.952 bits per heavy atom. The zero-order valence-corrected chi connectivity index (χ0v) is 34.3. The van der Waals surface area contributed by atoms with Crippen LogP contribution in [0.3, 0.4) is 0 Å². The monoisotopic (exact) mass is 784 g/mol. The van der Waals surface area contributed by atoms with Crippen LogP contribution in [0.1, 0.15) is 44.5 Å². The summed E-state index contributed by atoms with van der Waals surface area (Å²) in [7, 11) is 0. The van der Waals surface area contributed by atoms with Crippen molar-refractivity contribution >= 4 is 53.9 Å². The minimum atomic E-state index is 0.541. The van der Waals surface area contributed by atoms with E-state index in [2.05, 4.69) is 133 Å². The van der Waals surface area contributed by atoms with E-state index in [-0.39, 0.29) is 0 Å². The molecule has 0 unspecified atom stereocenters. The van der Waals surface area contributed by atoms with Crippen LogP contribution in [0.2, 0.25) is 0 Å². The molecule has 10 aromatic carbocycles. The molecule has 4 nitrogen and oxygen atoms in total. The number of benzene rings is 10. The third-order valence-corrected chi connectivity index (χ3v) is 13.9. The number of rotatable bonds is 2. The first-order valence-corrected chi connectivity index (χ1v) is 20.7. The van der Waals surface area contributed by atoms with E-state index in [1.54, 1.807) is 0 Å². The smallest absolute Gasteiger partial charge is 0.100 e. The predicted molar refractivity (Wildman–Crippen MR) is 252 cm³/mol. The molecule has 0 heterocycles. The molecule has 0 bridgehead atoms. The number of nitrogens with zero attached hydrogens (tertiary/aromatic N) is 4. The third-order valence-electron chi connectivity index (χ3n) is 13.9. The lowest BCUT2D eigenvalue weighted by atomic mass is 9.80. The lowest BCUT2D eigenvalue weighted by Gasteiger charge is -2.22. The summed E-state index contributed by atoms with van der Waals surface area (Å²) in [4.78, 5) is 0. The highest BCUT2D eigenvalue weighted by molar-refractivity contribution is 6.29. The van der Waals surface area contributed by atoms with E-state index in [1.807, 2.05) is 39.8 Å². The van der Waals surface area contributed by atoms with Crippen molar-refractivity contribution < 1.29 is 0 Å². The molecule has 0 saturated heterocycles. The van der Waals surface area contributed by atoms with Gasteiger partial charge in [0.05, 0.1) is 34.4 Å². The van der Waals surface area contributed by atoms with Crippen LogP contribution in [0.4, 0.5) is 0 Å². The van der Waals surface area contributed by atoms with E-state index in [4.69, 9.17) is 0 Å². The maximum Gasteiger partial charge on any atom is 0.100 e. The van der Waals surface area contributed by atoms with Crippen molar-refractivity contribution in [3.63, 3.8) is 0 Å². The average molecular weight is 785 g/mol. The van der Waals surface area contributed by atoms with Crippen LogP contribution in [0, 0.1) is 73.0 Å². The minimum absolute atomic E-state index is 0.541. The molecule has 10 aromatic rings. The van der Waals surface area contributed by atoms with Crippen LogP contribution in [0.5, 0.6) is 0 Å². The standard InChI is InChI=1S/C58H32N4/c1-29-17-35(25-59)31(3)55(53(29)27-61)51-23-47-46-20-42-38-14-6-10-34-12-8-16-40(58(34)38)44(42)22-50(46)52(56-32(4)36(26-60)18-30(2)54(56)28-62)24-48(47)45-19-41-37-13-5-9-33-11-7-15-39(57(33)37)43(41)21-49(45)51/h5-24H,1-4H3. The van der Waals surface area contributed by atoms with Crippen LogP contribution >= 0.6 is 0 Å². The van der Waals surface area contributed by atoms with Crippen molar-refractivity contribution in [2.24, 2.45) is 0 Å². The topological polar surface area (TPSA) is 95.2 Å². The minimum Gasteiger partial charge on any atom is -0.192 e. The molecule has 0 saturated carbocycles. The van der Waals surface area contributed by atoms with E-state index < -0.39 is 0 Å². The summed E-state index contributed by atoms with van der Waals surface area (Å²) in [6.07, 6.45) is 0. The SMILES string of the molecule is Cc1cc(C#N)c(C)c(-c2cc3c4cc5c(cc4c(-c4c(C)c(C#N)cc(C)c4C#N)cc3c3cc4c(cc23)-c2cccc3cccc-4c23)-c2cccc3cccc-5c23)c1C#N. The van der Waals surface area contributed by atoms with Gasteiger partial charge in [-0.2, -0.15) is 21.0 Å². The van der Waals surface area contributed by atoms with Crippen molar-refractivity contribution in [1.29, 1.82) is 21.0 Å². The van der Waals surface area contributed by atoms with Gasteiger partial charge in [0.15, 0.2) is 0 Å². The summed E-state index contributed by atoms with van der Waals surface area (Å²) in [6.45, 7) is 7.74. The number of nitriles is 4. The van der Waals surface area contributed by atoms with Crippen molar-refractivity contribution in [2.75, 3.05) is 0 Å². The van der Waals surface area contributed by atoms with Crippen LogP contribution < -0.4 is 0 Å². The summed E-state index contributed by atoms with van der Waals surface area (Å²) in [5.74, 6) is 0. The maximum atomic E-state index is 10.9. The molecular weight excluding hydrogens is 753 g/mol. The Morgan fingerprint density at radius 2 is 0.629 bits per heavy atom. The molecule has 284 valence electrons. The Hall–Kier alpha value is -8.54. The molecule has 2 aliphatic rings. The Kier molecular flexibility index (Phi) is 7.13. The quantitative estimate of drug-likeness (QED) is 0.163. The van der Waals surface area contributed by atoms with Crippen LogP contribution in [-0.4, -0.2) is 0 Å². The molecule has 4 heteroatoms. The van der Waals surface area contributed by atoms with Gasteiger partial charge in [-0.05, 0) is 208 Å². The summed E-state index contributed by atoms with van der Waals surface area (Å²) in [6, 6.07) is 53.2. The van der Waals surface area contributed by atoms with Crippen molar-refractivity contribution in [3.8, 4) is 91.0 Å². The van der Waals surface area contributed by atoms with Gasteiger partial charge in [0.2, 0.25) is 0 Å². The first-order valence-electron chi connectivity index (χ1n) is 20.7. The molecule has 0 aliphatic heterocycles. The molecule has 2 aliphatic carbocycles. The second kappa shape index (κ2) is 12.5. The first-order chi connectivity index (χ1) is 30.2.